The molecule has 0 saturated carbocycles. The van der Waals surface area contributed by atoms with Crippen molar-refractivity contribution in [3.05, 3.63) is 57.6 Å². The zero-order valence-corrected chi connectivity index (χ0v) is 30.1. The second kappa shape index (κ2) is 16.5. The molecule has 2 amide bonds. The van der Waals surface area contributed by atoms with Crippen molar-refractivity contribution in [1.82, 2.24) is 20.4 Å². The number of benzene rings is 2. The van der Waals surface area contributed by atoms with Gasteiger partial charge >= 0.3 is 11.9 Å². The van der Waals surface area contributed by atoms with Crippen molar-refractivity contribution in [3.8, 4) is 11.5 Å². The summed E-state index contributed by atoms with van der Waals surface area (Å²) in [5.41, 5.74) is 4.57. The first-order chi connectivity index (χ1) is 23.5. The number of nitrogens with zero attached hydrogens (tertiary/aromatic N) is 2. The lowest BCUT2D eigenvalue weighted by molar-refractivity contribution is -0.145. The predicted octanol–water partition coefficient (Wildman–Crippen LogP) is 2.94. The molecule has 5 rings (SSSR count). The molecule has 0 aliphatic carbocycles. The molecule has 2 aromatic carbocycles. The van der Waals surface area contributed by atoms with Gasteiger partial charge in [0, 0.05) is 42.1 Å². The summed E-state index contributed by atoms with van der Waals surface area (Å²) in [4.78, 5) is 56.6. The second-order valence-corrected chi connectivity index (χ2v) is 15.6. The predicted molar refractivity (Wildman–Crippen MR) is 188 cm³/mol. The monoisotopic (exact) mass is 714 g/mol. The van der Waals surface area contributed by atoms with Gasteiger partial charge in [0.05, 0.1) is 26.3 Å². The maximum atomic E-state index is 13.6. The van der Waals surface area contributed by atoms with Crippen LogP contribution in [0.1, 0.15) is 59.1 Å². The average molecular weight is 715 g/mol. The van der Waals surface area contributed by atoms with Crippen molar-refractivity contribution < 1.29 is 38.9 Å². The Morgan fingerprint density at radius 2 is 1.10 bits per heavy atom. The highest BCUT2D eigenvalue weighted by Gasteiger charge is 2.36. The number of nitrogens with one attached hydrogen (secondary N) is 2. The molecular weight excluding hydrogens is 669 g/mol. The van der Waals surface area contributed by atoms with E-state index in [2.05, 4.69) is 10.6 Å². The van der Waals surface area contributed by atoms with Gasteiger partial charge in [-0.1, -0.05) is 57.0 Å². The van der Waals surface area contributed by atoms with E-state index < -0.39 is 36.1 Å². The maximum Gasteiger partial charge on any atom is 0.329 e. The molecule has 12 nitrogen and oxygen atoms in total. The molecule has 3 aliphatic rings. The van der Waals surface area contributed by atoms with E-state index >= 15 is 0 Å². The topological polar surface area (TPSA) is 158 Å². The summed E-state index contributed by atoms with van der Waals surface area (Å²) in [6, 6.07) is 4.78. The fourth-order valence-corrected chi connectivity index (χ4v) is 9.33. The molecule has 2 aromatic rings. The Bertz CT molecular complexity index is 1460. The van der Waals surface area contributed by atoms with E-state index in [1.807, 2.05) is 47.9 Å². The fraction of sp³-hybridized carbons (Fsp3) is 0.543. The van der Waals surface area contributed by atoms with Gasteiger partial charge in [0.1, 0.15) is 23.6 Å². The van der Waals surface area contributed by atoms with Gasteiger partial charge in [-0.25, -0.2) is 9.59 Å². The van der Waals surface area contributed by atoms with E-state index in [1.165, 1.54) is 35.8 Å². The van der Waals surface area contributed by atoms with Crippen LogP contribution in [-0.2, 0) is 48.2 Å². The minimum Gasteiger partial charge on any atom is -0.507 e. The van der Waals surface area contributed by atoms with E-state index in [-0.39, 0.29) is 41.2 Å². The van der Waals surface area contributed by atoms with Crippen molar-refractivity contribution in [3.63, 3.8) is 0 Å². The minimum atomic E-state index is -0.928. The Labute approximate surface area is 295 Å². The summed E-state index contributed by atoms with van der Waals surface area (Å²) in [7, 11) is 5.10. The molecule has 4 bridgehead atoms. The number of rotatable bonds is 2. The number of carbonyl (C=O) groups excluding carboxylic acids is 4. The highest BCUT2D eigenvalue weighted by atomic mass is 33.1. The van der Waals surface area contributed by atoms with Crippen LogP contribution in [0, 0.1) is 13.8 Å². The molecule has 266 valence electrons. The van der Waals surface area contributed by atoms with Crippen LogP contribution in [0.2, 0.25) is 0 Å². The van der Waals surface area contributed by atoms with E-state index in [1.54, 1.807) is 0 Å². The van der Waals surface area contributed by atoms with Crippen LogP contribution in [0.3, 0.4) is 0 Å². The Morgan fingerprint density at radius 1 is 0.714 bits per heavy atom. The average Bonchev–Trinajstić information content (AvgIpc) is 3.74. The van der Waals surface area contributed by atoms with E-state index in [9.17, 15) is 29.4 Å². The first-order valence-electron chi connectivity index (χ1n) is 16.6. The molecule has 49 heavy (non-hydrogen) atoms. The number of ether oxygens (including phenoxy) is 2. The van der Waals surface area contributed by atoms with Crippen molar-refractivity contribution in [1.29, 1.82) is 0 Å². The lowest BCUT2D eigenvalue weighted by Gasteiger charge is -2.26. The molecule has 3 heterocycles. The fourth-order valence-electron chi connectivity index (χ4n) is 7.04. The van der Waals surface area contributed by atoms with Crippen LogP contribution in [0.4, 0.5) is 0 Å². The second-order valence-electron chi connectivity index (χ2n) is 13.0. The zero-order valence-electron chi connectivity index (χ0n) is 28.5. The van der Waals surface area contributed by atoms with Crippen LogP contribution >= 0.6 is 21.6 Å². The molecule has 14 heteroatoms. The normalized spacial score (nSPS) is 24.7. The number of phenols is 2. The number of phenolic OH excluding ortho intramolecular Hbond substituents is 2. The maximum absolute atomic E-state index is 13.6. The molecule has 3 aliphatic heterocycles. The number of esters is 2. The number of aromatic hydroxyl groups is 2. The van der Waals surface area contributed by atoms with Crippen molar-refractivity contribution in [2.75, 3.05) is 38.8 Å². The van der Waals surface area contributed by atoms with Crippen LogP contribution < -0.4 is 10.6 Å². The van der Waals surface area contributed by atoms with Gasteiger partial charge in [-0.3, -0.25) is 19.4 Å². The standard InChI is InChI=1S/C35H46N4O8S2/c1-20-11-22-15-23-12-21(2)14-25(31(23)41)17-39-10-6-8-29(39)33(43)37-27(35(45)47-4)19-49-48-18-26(34(44)46-3)36-32(42)28-7-5-9-38(28)16-24(13-20)30(22)40/h11-14,26-29,40-41H,5-10,15-19H2,1-4H3,(H,36,42)(H,37,43)/t26-,27?,28-,29-/m0/s1. The number of methoxy groups -OCH3 is 2. The van der Waals surface area contributed by atoms with Gasteiger partial charge in [-0.2, -0.15) is 0 Å². The Kier molecular flexibility index (Phi) is 12.4. The van der Waals surface area contributed by atoms with Gasteiger partial charge in [0.25, 0.3) is 0 Å². The highest BCUT2D eigenvalue weighted by molar-refractivity contribution is 8.76. The molecule has 0 aromatic heterocycles. The van der Waals surface area contributed by atoms with E-state index in [0.29, 0.717) is 61.3 Å². The van der Waals surface area contributed by atoms with Gasteiger partial charge in [0.2, 0.25) is 11.8 Å². The van der Waals surface area contributed by atoms with Crippen molar-refractivity contribution >= 4 is 45.3 Å². The van der Waals surface area contributed by atoms with E-state index in [4.69, 9.17) is 9.47 Å². The van der Waals surface area contributed by atoms with Crippen molar-refractivity contribution in [2.24, 2.45) is 0 Å². The molecule has 0 spiro atoms. The summed E-state index contributed by atoms with van der Waals surface area (Å²) in [6.45, 7) is 5.87. The van der Waals surface area contributed by atoms with Crippen LogP contribution in [0.25, 0.3) is 0 Å². The molecule has 1 unspecified atom stereocenters. The third-order valence-corrected chi connectivity index (χ3v) is 11.9. The van der Waals surface area contributed by atoms with Crippen LogP contribution in [-0.4, -0.2) is 107 Å². The molecule has 4 N–H and O–H groups in total. The number of carbonyl (C=O) groups is 4. The van der Waals surface area contributed by atoms with Gasteiger partial charge < -0.3 is 30.3 Å². The Morgan fingerprint density at radius 3 is 1.49 bits per heavy atom. The number of fused-ring (bicyclic) bond motifs is 6. The summed E-state index contributed by atoms with van der Waals surface area (Å²) in [5, 5.41) is 28.8. The highest BCUT2D eigenvalue weighted by Crippen LogP contribution is 2.35. The van der Waals surface area contributed by atoms with Crippen LogP contribution in [0.15, 0.2) is 24.3 Å². The third kappa shape index (κ3) is 8.83. The summed E-state index contributed by atoms with van der Waals surface area (Å²) >= 11 is 0. The molecular formula is C35H46N4O8S2. The minimum absolute atomic E-state index is 0.120. The van der Waals surface area contributed by atoms with Gasteiger partial charge in [0.15, 0.2) is 0 Å². The first kappa shape index (κ1) is 36.8. The summed E-state index contributed by atoms with van der Waals surface area (Å²) < 4.78 is 9.98. The Hall–Kier alpha value is -3.46. The number of hydrogen-bond acceptors (Lipinski definition) is 12. The zero-order chi connectivity index (χ0) is 35.2. The largest absolute Gasteiger partial charge is 0.507 e. The molecule has 2 saturated heterocycles. The van der Waals surface area contributed by atoms with E-state index in [0.717, 1.165) is 24.0 Å². The quantitative estimate of drug-likeness (QED) is 0.267. The summed E-state index contributed by atoms with van der Waals surface area (Å²) in [5.74, 6) is -1.18. The summed E-state index contributed by atoms with van der Waals surface area (Å²) in [6.07, 6.45) is 3.04. The third-order valence-electron chi connectivity index (χ3n) is 9.44. The molecule has 4 atom stereocenters. The SMILES string of the molecule is COC(=O)C1CSSC[C@@H](C(=O)OC)NC(=O)[C@@H]2CCCN2Cc2cc(C)cc(c2O)Cc2cc(C)cc(c2O)CN2CCC[C@H]2C(=O)N1. The van der Waals surface area contributed by atoms with Crippen LogP contribution in [0.5, 0.6) is 11.5 Å². The van der Waals surface area contributed by atoms with Crippen molar-refractivity contribution in [2.45, 2.75) is 83.2 Å². The number of aryl methyl sites for hydroxylation is 2. The Balaban J connectivity index is 1.49. The molecule has 0 radical (unpaired) electrons. The first-order valence-corrected chi connectivity index (χ1v) is 19.1. The smallest absolute Gasteiger partial charge is 0.329 e. The number of hydrogen-bond donors (Lipinski definition) is 4. The lowest BCUT2D eigenvalue weighted by atomic mass is 9.95. The van der Waals surface area contributed by atoms with Gasteiger partial charge in [-0.05, 0) is 63.7 Å². The van der Waals surface area contributed by atoms with Gasteiger partial charge in [-0.15, -0.1) is 0 Å². The lowest BCUT2D eigenvalue weighted by Crippen LogP contribution is -2.51. The number of amides is 2. The molecule has 2 fully saturated rings.